The number of hydrogen-bond acceptors (Lipinski definition) is 5. The number of alkyl carbamates (subject to hydrolysis) is 1. The fourth-order valence-corrected chi connectivity index (χ4v) is 4.27. The van der Waals surface area contributed by atoms with Crippen molar-refractivity contribution in [1.29, 1.82) is 0 Å². The number of ether oxygens (including phenoxy) is 1. The quantitative estimate of drug-likeness (QED) is 0.174. The van der Waals surface area contributed by atoms with Crippen LogP contribution < -0.4 is 5.32 Å². The van der Waals surface area contributed by atoms with Gasteiger partial charge in [0.25, 0.3) is 0 Å². The summed E-state index contributed by atoms with van der Waals surface area (Å²) in [5.41, 5.74) is 4.08. The Hall–Kier alpha value is -3.63. The molecule has 11 heteroatoms. The summed E-state index contributed by atoms with van der Waals surface area (Å²) in [6.45, 7) is 15.6. The lowest BCUT2D eigenvalue weighted by Crippen LogP contribution is -2.37. The van der Waals surface area contributed by atoms with Crippen molar-refractivity contribution in [2.75, 3.05) is 0 Å². The Bertz CT molecular complexity index is 1310. The molecule has 0 aromatic heterocycles. The monoisotopic (exact) mass is 657 g/mol. The largest absolute Gasteiger partial charge is 0.446 e. The Kier molecular flexibility index (Phi) is 18.0. The van der Waals surface area contributed by atoms with Gasteiger partial charge in [0.2, 0.25) is 6.29 Å². The number of aryl methyl sites for hydroxylation is 2. The third kappa shape index (κ3) is 17.2. The van der Waals surface area contributed by atoms with Crippen LogP contribution in [0.15, 0.2) is 41.4 Å². The number of carbonyl (C=O) groups is 3. The molecule has 1 heterocycles. The minimum Gasteiger partial charge on any atom is -0.444 e. The molecule has 0 saturated carbocycles. The molecule has 0 saturated heterocycles. The van der Waals surface area contributed by atoms with E-state index in [4.69, 9.17) is 10.9 Å². The summed E-state index contributed by atoms with van der Waals surface area (Å²) in [7, 11) is 0. The molecule has 0 bridgehead atoms. The van der Waals surface area contributed by atoms with E-state index < -0.39 is 24.2 Å². The molecule has 2 aromatic carbocycles. The van der Waals surface area contributed by atoms with Crippen LogP contribution in [0.5, 0.6) is 0 Å². The van der Waals surface area contributed by atoms with E-state index in [-0.39, 0.29) is 29.9 Å². The van der Waals surface area contributed by atoms with Crippen molar-refractivity contribution in [3.63, 3.8) is 0 Å². The number of nitrogens with zero attached hydrogens (tertiary/aromatic N) is 1. The third-order valence-electron chi connectivity index (χ3n) is 6.38. The average Bonchev–Trinajstić information content (AvgIpc) is 3.41. The summed E-state index contributed by atoms with van der Waals surface area (Å²) in [4.78, 5) is 37.2. The van der Waals surface area contributed by atoms with Gasteiger partial charge in [0.1, 0.15) is 17.2 Å². The number of ketones is 1. The number of carbonyl (C=O) groups excluding carboxylic acids is 3. The maximum atomic E-state index is 13.2. The molecule has 46 heavy (non-hydrogen) atoms. The topological polar surface area (TPSA) is 84.8 Å². The molecule has 3 rings (SSSR count). The fraction of sp³-hybridized carbons (Fsp3) is 0.543. The van der Waals surface area contributed by atoms with Crippen molar-refractivity contribution in [2.24, 2.45) is 4.99 Å². The Morgan fingerprint density at radius 1 is 1.07 bits per heavy atom. The van der Waals surface area contributed by atoms with Crippen LogP contribution in [0.4, 0.5) is 26.7 Å². The SMILES string of the molecule is CCc1cc(F)ccc1C(=O)CCC(C)NC(=O)OC(C)(C)C.CCc1cc(F)ccc1C1=NC(C)CC1.O=CC(F)(F)F.[2H]CC. The van der Waals surface area contributed by atoms with E-state index in [9.17, 15) is 31.5 Å². The van der Waals surface area contributed by atoms with Crippen molar-refractivity contribution in [2.45, 2.75) is 125 Å². The van der Waals surface area contributed by atoms with Crippen LogP contribution in [0.3, 0.4) is 0 Å². The smallest absolute Gasteiger partial charge is 0.444 e. The molecule has 2 aromatic rings. The lowest BCUT2D eigenvalue weighted by atomic mass is 9.97. The van der Waals surface area contributed by atoms with E-state index in [1.54, 1.807) is 33.8 Å². The highest BCUT2D eigenvalue weighted by Crippen LogP contribution is 2.22. The van der Waals surface area contributed by atoms with Gasteiger partial charge >= 0.3 is 12.3 Å². The second-order valence-electron chi connectivity index (χ2n) is 11.4. The predicted octanol–water partition coefficient (Wildman–Crippen LogP) is 9.40. The van der Waals surface area contributed by atoms with Crippen LogP contribution in [0.25, 0.3) is 0 Å². The first-order valence-electron chi connectivity index (χ1n) is 16.0. The third-order valence-corrected chi connectivity index (χ3v) is 6.38. The Balaban J connectivity index is 0.000000748. The lowest BCUT2D eigenvalue weighted by Gasteiger charge is -2.21. The van der Waals surface area contributed by atoms with Crippen LogP contribution in [-0.4, -0.2) is 47.7 Å². The van der Waals surface area contributed by atoms with Gasteiger partial charge in [0.05, 0.1) is 0 Å². The van der Waals surface area contributed by atoms with Crippen molar-refractivity contribution >= 4 is 23.9 Å². The molecule has 1 aliphatic heterocycles. The van der Waals surface area contributed by atoms with Crippen molar-refractivity contribution in [1.82, 2.24) is 5.32 Å². The number of aliphatic imine (C=N–C) groups is 1. The van der Waals surface area contributed by atoms with Gasteiger partial charge in [-0.15, -0.1) is 0 Å². The molecular weight excluding hydrogens is 607 g/mol. The van der Waals surface area contributed by atoms with Crippen molar-refractivity contribution in [3.8, 4) is 0 Å². The highest BCUT2D eigenvalue weighted by Gasteiger charge is 2.25. The summed E-state index contributed by atoms with van der Waals surface area (Å²) in [5.74, 6) is -0.528. The summed E-state index contributed by atoms with van der Waals surface area (Å²) < 4.78 is 68.9. The Morgan fingerprint density at radius 3 is 2.04 bits per heavy atom. The fourth-order valence-electron chi connectivity index (χ4n) is 4.27. The van der Waals surface area contributed by atoms with E-state index >= 15 is 0 Å². The predicted molar refractivity (Wildman–Crippen MR) is 173 cm³/mol. The summed E-state index contributed by atoms with van der Waals surface area (Å²) in [6.07, 6.45) is -1.80. The highest BCUT2D eigenvalue weighted by atomic mass is 19.4. The van der Waals surface area contributed by atoms with Crippen LogP contribution in [0.1, 0.15) is 116 Å². The van der Waals surface area contributed by atoms with E-state index in [2.05, 4.69) is 24.2 Å². The van der Waals surface area contributed by atoms with Gasteiger partial charge in [-0.3, -0.25) is 14.6 Å². The Morgan fingerprint density at radius 2 is 1.59 bits per heavy atom. The van der Waals surface area contributed by atoms with E-state index in [0.29, 0.717) is 36.9 Å². The molecule has 2 atom stereocenters. The van der Waals surface area contributed by atoms with Gasteiger partial charge in [-0.05, 0) is 120 Å². The maximum Gasteiger partial charge on any atom is 0.446 e. The molecule has 0 aliphatic carbocycles. The first kappa shape index (κ1) is 40.4. The second-order valence-corrected chi connectivity index (χ2v) is 11.4. The maximum absolute atomic E-state index is 13.2. The van der Waals surface area contributed by atoms with Crippen molar-refractivity contribution < 1.29 is 42.4 Å². The summed E-state index contributed by atoms with van der Waals surface area (Å²) in [6, 6.07) is 9.49. The normalized spacial score (nSPS) is 14.8. The van der Waals surface area contributed by atoms with Crippen LogP contribution in [0.2, 0.25) is 0 Å². The summed E-state index contributed by atoms with van der Waals surface area (Å²) >= 11 is 0. The van der Waals surface area contributed by atoms with Gasteiger partial charge in [-0.25, -0.2) is 13.6 Å². The number of aldehydes is 1. The lowest BCUT2D eigenvalue weighted by molar-refractivity contribution is -0.156. The molecule has 0 fully saturated rings. The molecule has 258 valence electrons. The number of nitrogens with one attached hydrogen (secondary N) is 1. The summed E-state index contributed by atoms with van der Waals surface area (Å²) in [5, 5.41) is 2.71. The van der Waals surface area contributed by atoms with Gasteiger partial charge in [0.15, 0.2) is 5.78 Å². The van der Waals surface area contributed by atoms with E-state index in [1.807, 2.05) is 19.9 Å². The van der Waals surface area contributed by atoms with Crippen LogP contribution in [-0.2, 0) is 22.4 Å². The van der Waals surface area contributed by atoms with Gasteiger partial charge in [-0.1, -0.05) is 27.7 Å². The first-order valence-corrected chi connectivity index (χ1v) is 15.3. The second kappa shape index (κ2) is 20.5. The van der Waals surface area contributed by atoms with Gasteiger partial charge in [-0.2, -0.15) is 13.2 Å². The number of hydrogen-bond donors (Lipinski definition) is 1. The Labute approximate surface area is 271 Å². The number of rotatable bonds is 8. The van der Waals surface area contributed by atoms with E-state index in [1.165, 1.54) is 24.3 Å². The average molecular weight is 658 g/mol. The molecular formula is C35H49F5N2O4. The standard InChI is InChI=1S/C18H26FNO3.C13H16FN.C2HF3O.C2H6/c1-6-13-11-14(19)8-9-15(13)16(21)10-7-12(2)20-17(22)23-18(3,4)5;1-3-10-8-11(14)5-6-12(10)13-7-4-9(2)15-13;3-2(4,5)1-6;1-2/h8-9,11-12H,6-7,10H2,1-5H3,(H,20,22);5-6,8-9H,3-4,7H2,1-2H3;1H;1-2H3/i;;;1D. The van der Waals surface area contributed by atoms with Crippen LogP contribution >= 0.6 is 0 Å². The zero-order valence-corrected chi connectivity index (χ0v) is 28.1. The zero-order valence-electron chi connectivity index (χ0n) is 29.1. The highest BCUT2D eigenvalue weighted by molar-refractivity contribution is 6.03. The molecule has 6 nitrogen and oxygen atoms in total. The van der Waals surface area contributed by atoms with Crippen molar-refractivity contribution in [3.05, 3.63) is 70.3 Å². The number of Topliss-reactive ketones (excluding diaryl/α,β-unsaturated/α-hetero) is 1. The molecule has 1 aliphatic rings. The zero-order chi connectivity index (χ0) is 36.4. The molecule has 0 radical (unpaired) electrons. The van der Waals surface area contributed by atoms with E-state index in [0.717, 1.165) is 36.1 Å². The molecule has 1 amide bonds. The minimum atomic E-state index is -4.64. The minimum absolute atomic E-state index is 0.0420. The molecule has 2 unspecified atom stereocenters. The number of amides is 1. The number of alkyl halides is 3. The van der Waals surface area contributed by atoms with Crippen LogP contribution in [0, 0.1) is 11.6 Å². The van der Waals surface area contributed by atoms with Gasteiger partial charge in [0, 0.05) is 31.2 Å². The number of halogens is 5. The number of benzene rings is 2. The van der Waals surface area contributed by atoms with Gasteiger partial charge < -0.3 is 10.1 Å². The molecule has 0 spiro atoms. The first-order chi connectivity index (χ1) is 21.8. The molecule has 1 N–H and O–H groups in total.